The van der Waals surface area contributed by atoms with Gasteiger partial charge < -0.3 is 15.4 Å². The van der Waals surface area contributed by atoms with Crippen LogP contribution in [-0.2, 0) is 9.59 Å². The molecule has 0 fully saturated rings. The smallest absolute Gasteiger partial charge is 0.471 e. The Kier molecular flexibility index (Phi) is 6.97. The van der Waals surface area contributed by atoms with Gasteiger partial charge in [-0.1, -0.05) is 11.6 Å². The lowest BCUT2D eigenvalue weighted by molar-refractivity contribution is -0.173. The van der Waals surface area contributed by atoms with Gasteiger partial charge >= 0.3 is 12.1 Å². The highest BCUT2D eigenvalue weighted by atomic mass is 35.5. The van der Waals surface area contributed by atoms with E-state index >= 15 is 0 Å². The predicted octanol–water partition coefficient (Wildman–Crippen LogP) is 1.90. The first kappa shape index (κ1) is 18.1. The molecule has 5 nitrogen and oxygen atoms in total. The average Bonchev–Trinajstić information content (AvgIpc) is 2.45. The maximum atomic E-state index is 11.9. The average molecular weight is 339 g/mol. The van der Waals surface area contributed by atoms with Crippen LogP contribution in [0.5, 0.6) is 5.75 Å². The van der Waals surface area contributed by atoms with E-state index in [2.05, 4.69) is 5.32 Å². The Hall–Kier alpha value is -1.96. The zero-order valence-electron chi connectivity index (χ0n) is 11.4. The number of nitrogens with one attached hydrogen (secondary N) is 2. The summed E-state index contributed by atoms with van der Waals surface area (Å²) in [5, 5.41) is 4.69. The van der Waals surface area contributed by atoms with Crippen LogP contribution in [0.25, 0.3) is 0 Å². The van der Waals surface area contributed by atoms with Crippen molar-refractivity contribution in [3.63, 3.8) is 0 Å². The summed E-state index contributed by atoms with van der Waals surface area (Å²) in [6, 6.07) is 6.42. The molecule has 0 heterocycles. The molecule has 0 saturated carbocycles. The molecule has 0 atom stereocenters. The van der Waals surface area contributed by atoms with E-state index in [1.165, 1.54) is 0 Å². The fourth-order valence-electron chi connectivity index (χ4n) is 1.35. The second-order valence-corrected chi connectivity index (χ2v) is 4.64. The summed E-state index contributed by atoms with van der Waals surface area (Å²) >= 11 is 5.69. The molecule has 0 aliphatic carbocycles. The van der Waals surface area contributed by atoms with Gasteiger partial charge in [-0.2, -0.15) is 13.2 Å². The number of hydrogen-bond acceptors (Lipinski definition) is 3. The highest BCUT2D eigenvalue weighted by Crippen LogP contribution is 2.15. The second-order valence-electron chi connectivity index (χ2n) is 4.20. The third-order valence-electron chi connectivity index (χ3n) is 2.40. The number of alkyl halides is 3. The van der Waals surface area contributed by atoms with Gasteiger partial charge in [-0.05, 0) is 30.7 Å². The summed E-state index contributed by atoms with van der Waals surface area (Å²) < 4.78 is 40.8. The van der Waals surface area contributed by atoms with E-state index in [0.717, 1.165) is 0 Å². The fraction of sp³-hybridized carbons (Fsp3) is 0.385. The standard InChI is InChI=1S/C13H14ClF3N2O3/c14-9-2-4-10(5-3-9)22-8-11(20)18-6-1-7-19-12(21)13(15,16)17/h2-5H,1,6-8H2,(H,18,20)(H,19,21). The normalized spacial score (nSPS) is 10.9. The summed E-state index contributed by atoms with van der Waals surface area (Å²) in [6.07, 6.45) is -4.72. The van der Waals surface area contributed by atoms with Crippen LogP contribution in [0.15, 0.2) is 24.3 Å². The minimum Gasteiger partial charge on any atom is -0.484 e. The van der Waals surface area contributed by atoms with Gasteiger partial charge in [0.2, 0.25) is 0 Å². The Balaban J connectivity index is 2.11. The van der Waals surface area contributed by atoms with E-state index in [9.17, 15) is 22.8 Å². The van der Waals surface area contributed by atoms with Gasteiger partial charge in [-0.3, -0.25) is 9.59 Å². The second kappa shape index (κ2) is 8.47. The van der Waals surface area contributed by atoms with E-state index in [0.29, 0.717) is 10.8 Å². The Labute approximate surface area is 129 Å². The molecular weight excluding hydrogens is 325 g/mol. The fourth-order valence-corrected chi connectivity index (χ4v) is 1.48. The summed E-state index contributed by atoms with van der Waals surface area (Å²) in [5.74, 6) is -1.95. The van der Waals surface area contributed by atoms with Gasteiger partial charge in [0.1, 0.15) is 5.75 Å². The Morgan fingerprint density at radius 3 is 2.27 bits per heavy atom. The Bertz CT molecular complexity index is 506. The molecule has 0 unspecified atom stereocenters. The van der Waals surface area contributed by atoms with Gasteiger partial charge in [-0.15, -0.1) is 0 Å². The summed E-state index contributed by atoms with van der Waals surface area (Å²) in [6.45, 7) is -0.284. The van der Waals surface area contributed by atoms with Crippen molar-refractivity contribution in [1.29, 1.82) is 0 Å². The number of carbonyl (C=O) groups excluding carboxylic acids is 2. The molecule has 0 aromatic heterocycles. The van der Waals surface area contributed by atoms with Crippen molar-refractivity contribution in [1.82, 2.24) is 10.6 Å². The molecule has 9 heteroatoms. The number of rotatable bonds is 7. The van der Waals surface area contributed by atoms with E-state index < -0.39 is 18.0 Å². The van der Waals surface area contributed by atoms with Gasteiger partial charge in [0.05, 0.1) is 0 Å². The van der Waals surface area contributed by atoms with Crippen molar-refractivity contribution in [3.05, 3.63) is 29.3 Å². The summed E-state index contributed by atoms with van der Waals surface area (Å²) in [5.41, 5.74) is 0. The van der Waals surface area contributed by atoms with Crippen molar-refractivity contribution in [2.45, 2.75) is 12.6 Å². The number of benzene rings is 1. The van der Waals surface area contributed by atoms with Gasteiger partial charge in [0.25, 0.3) is 5.91 Å². The highest BCUT2D eigenvalue weighted by molar-refractivity contribution is 6.30. The molecule has 0 bridgehead atoms. The minimum atomic E-state index is -4.89. The van der Waals surface area contributed by atoms with E-state index in [4.69, 9.17) is 16.3 Å². The quantitative estimate of drug-likeness (QED) is 0.746. The van der Waals surface area contributed by atoms with Crippen LogP contribution in [0.1, 0.15) is 6.42 Å². The van der Waals surface area contributed by atoms with Crippen LogP contribution < -0.4 is 15.4 Å². The number of amides is 2. The van der Waals surface area contributed by atoms with Crippen molar-refractivity contribution < 1.29 is 27.5 Å². The SMILES string of the molecule is O=C(COc1ccc(Cl)cc1)NCCCNC(=O)C(F)(F)F. The van der Waals surface area contributed by atoms with Crippen LogP contribution in [0, 0.1) is 0 Å². The van der Waals surface area contributed by atoms with Crippen LogP contribution in [0.2, 0.25) is 5.02 Å². The number of halogens is 4. The molecule has 22 heavy (non-hydrogen) atoms. The molecule has 1 rings (SSSR count). The Morgan fingerprint density at radius 2 is 1.68 bits per heavy atom. The van der Waals surface area contributed by atoms with Gasteiger partial charge in [0, 0.05) is 18.1 Å². The first-order valence-electron chi connectivity index (χ1n) is 6.29. The highest BCUT2D eigenvalue weighted by Gasteiger charge is 2.38. The maximum Gasteiger partial charge on any atom is 0.471 e. The largest absolute Gasteiger partial charge is 0.484 e. The third kappa shape index (κ3) is 7.16. The summed E-state index contributed by atoms with van der Waals surface area (Å²) in [4.78, 5) is 21.9. The molecule has 0 aliphatic rings. The molecule has 0 spiro atoms. The molecule has 2 amide bonds. The third-order valence-corrected chi connectivity index (χ3v) is 2.65. The van der Waals surface area contributed by atoms with E-state index in [1.54, 1.807) is 29.6 Å². The molecule has 1 aromatic carbocycles. The van der Waals surface area contributed by atoms with Crippen molar-refractivity contribution in [2.24, 2.45) is 0 Å². The molecule has 1 aromatic rings. The predicted molar refractivity (Wildman–Crippen MR) is 73.6 cm³/mol. The van der Waals surface area contributed by atoms with Gasteiger partial charge in [-0.25, -0.2) is 0 Å². The minimum absolute atomic E-state index is 0.126. The van der Waals surface area contributed by atoms with E-state index in [1.807, 2.05) is 0 Å². The number of hydrogen-bond donors (Lipinski definition) is 2. The lowest BCUT2D eigenvalue weighted by atomic mass is 10.3. The number of carbonyl (C=O) groups is 2. The van der Waals surface area contributed by atoms with Crippen LogP contribution in [-0.4, -0.2) is 37.7 Å². The lowest BCUT2D eigenvalue weighted by Gasteiger charge is -2.09. The first-order chi connectivity index (χ1) is 10.3. The molecule has 122 valence electrons. The van der Waals surface area contributed by atoms with Crippen molar-refractivity contribution in [2.75, 3.05) is 19.7 Å². The van der Waals surface area contributed by atoms with Crippen molar-refractivity contribution in [3.8, 4) is 5.75 Å². The van der Waals surface area contributed by atoms with Gasteiger partial charge in [0.15, 0.2) is 6.61 Å². The zero-order chi connectivity index (χ0) is 16.6. The van der Waals surface area contributed by atoms with E-state index in [-0.39, 0.29) is 26.1 Å². The monoisotopic (exact) mass is 338 g/mol. The van der Waals surface area contributed by atoms with Crippen LogP contribution >= 0.6 is 11.6 Å². The number of ether oxygens (including phenoxy) is 1. The molecule has 0 aliphatic heterocycles. The van der Waals surface area contributed by atoms with Crippen LogP contribution in [0.4, 0.5) is 13.2 Å². The van der Waals surface area contributed by atoms with Crippen LogP contribution in [0.3, 0.4) is 0 Å². The molecule has 2 N–H and O–H groups in total. The first-order valence-corrected chi connectivity index (χ1v) is 6.67. The molecule has 0 radical (unpaired) electrons. The molecule has 0 saturated heterocycles. The molecular formula is C13H14ClF3N2O3. The Morgan fingerprint density at radius 1 is 1.09 bits per heavy atom. The maximum absolute atomic E-state index is 11.9. The lowest BCUT2D eigenvalue weighted by Crippen LogP contribution is -2.38. The van der Waals surface area contributed by atoms with Crippen molar-refractivity contribution >= 4 is 23.4 Å². The summed E-state index contributed by atoms with van der Waals surface area (Å²) in [7, 11) is 0. The zero-order valence-corrected chi connectivity index (χ0v) is 12.1. The topological polar surface area (TPSA) is 67.4 Å².